The zero-order valence-electron chi connectivity index (χ0n) is 20.4. The summed E-state index contributed by atoms with van der Waals surface area (Å²) in [5.41, 5.74) is 2.63. The van der Waals surface area contributed by atoms with E-state index in [1.54, 1.807) is 30.5 Å². The summed E-state index contributed by atoms with van der Waals surface area (Å²) < 4.78 is 38.2. The zero-order chi connectivity index (χ0) is 26.0. The predicted octanol–water partition coefficient (Wildman–Crippen LogP) is 3.09. The molecule has 1 aliphatic heterocycles. The Balaban J connectivity index is 1.57. The van der Waals surface area contributed by atoms with Crippen LogP contribution in [0.1, 0.15) is 0 Å². The van der Waals surface area contributed by atoms with Gasteiger partial charge in [0.25, 0.3) is 5.56 Å². The number of benzene rings is 2. The molecule has 2 aromatic heterocycles. The lowest BCUT2D eigenvalue weighted by molar-refractivity contribution is 0.122. The van der Waals surface area contributed by atoms with Gasteiger partial charge in [-0.05, 0) is 67.0 Å². The molecule has 1 saturated heterocycles. The molecule has 3 heterocycles. The van der Waals surface area contributed by atoms with Crippen molar-refractivity contribution in [2.75, 3.05) is 50.7 Å². The molecule has 1 aliphatic rings. The van der Waals surface area contributed by atoms with Crippen LogP contribution in [-0.2, 0) is 14.8 Å². The molecule has 0 amide bonds. The number of methoxy groups -OCH3 is 1. The highest BCUT2D eigenvalue weighted by Crippen LogP contribution is 2.32. The lowest BCUT2D eigenvalue weighted by atomic mass is 10.1. The highest BCUT2D eigenvalue weighted by atomic mass is 32.2. The molecule has 0 bridgehead atoms. The summed E-state index contributed by atoms with van der Waals surface area (Å²) in [6.07, 6.45) is 1.57. The Morgan fingerprint density at radius 3 is 2.51 bits per heavy atom. The van der Waals surface area contributed by atoms with Crippen LogP contribution in [0.3, 0.4) is 0 Å². The average molecular weight is 522 g/mol. The number of pyridine rings is 2. The summed E-state index contributed by atoms with van der Waals surface area (Å²) in [5, 5.41) is 4.34. The van der Waals surface area contributed by atoms with Crippen molar-refractivity contribution in [2.24, 2.45) is 0 Å². The SMILES string of the molecule is CNS(=O)(=O)c1cc(-c2cc3cc[nH]c(=O)c3c(Nc3ccc(N4CCOCC4)cc3)n2)ccc1OC. The van der Waals surface area contributed by atoms with Crippen molar-refractivity contribution in [3.63, 3.8) is 0 Å². The number of hydrogen-bond donors (Lipinski definition) is 3. The molecule has 0 atom stereocenters. The highest BCUT2D eigenvalue weighted by Gasteiger charge is 2.20. The predicted molar refractivity (Wildman–Crippen MR) is 143 cm³/mol. The number of nitrogens with zero attached hydrogens (tertiary/aromatic N) is 2. The summed E-state index contributed by atoms with van der Waals surface area (Å²) in [7, 11) is -1.02. The van der Waals surface area contributed by atoms with E-state index in [1.165, 1.54) is 20.2 Å². The van der Waals surface area contributed by atoms with Crippen molar-refractivity contribution in [2.45, 2.75) is 4.90 Å². The van der Waals surface area contributed by atoms with E-state index in [-0.39, 0.29) is 16.2 Å². The van der Waals surface area contributed by atoms with Crippen molar-refractivity contribution in [3.05, 3.63) is 71.1 Å². The van der Waals surface area contributed by atoms with E-state index in [1.807, 2.05) is 24.3 Å². The van der Waals surface area contributed by atoms with E-state index in [4.69, 9.17) is 14.5 Å². The molecule has 10 nitrogen and oxygen atoms in total. The van der Waals surface area contributed by atoms with Gasteiger partial charge in [0.1, 0.15) is 16.5 Å². The largest absolute Gasteiger partial charge is 0.495 e. The average Bonchev–Trinajstić information content (AvgIpc) is 2.93. The maximum Gasteiger partial charge on any atom is 0.259 e. The Hall–Kier alpha value is -3.93. The van der Waals surface area contributed by atoms with Crippen LogP contribution in [0.2, 0.25) is 0 Å². The number of sulfonamides is 1. The van der Waals surface area contributed by atoms with Gasteiger partial charge in [0.05, 0.1) is 31.4 Å². The van der Waals surface area contributed by atoms with Gasteiger partial charge in [0.2, 0.25) is 10.0 Å². The van der Waals surface area contributed by atoms with Gasteiger partial charge < -0.3 is 24.7 Å². The molecule has 192 valence electrons. The second-order valence-corrected chi connectivity index (χ2v) is 10.3. The fourth-order valence-electron chi connectivity index (χ4n) is 4.32. The van der Waals surface area contributed by atoms with Gasteiger partial charge in [-0.3, -0.25) is 4.79 Å². The zero-order valence-corrected chi connectivity index (χ0v) is 21.3. The maximum absolute atomic E-state index is 12.7. The van der Waals surface area contributed by atoms with Gasteiger partial charge in [-0.25, -0.2) is 18.1 Å². The number of nitrogens with one attached hydrogen (secondary N) is 3. The van der Waals surface area contributed by atoms with Crippen LogP contribution < -0.4 is 25.2 Å². The summed E-state index contributed by atoms with van der Waals surface area (Å²) in [5.74, 6) is 0.580. The van der Waals surface area contributed by atoms with Crippen molar-refractivity contribution in [3.8, 4) is 17.0 Å². The van der Waals surface area contributed by atoms with Crippen LogP contribution >= 0.6 is 0 Å². The fraction of sp³-hybridized carbons (Fsp3) is 0.231. The third kappa shape index (κ3) is 5.01. The lowest BCUT2D eigenvalue weighted by Crippen LogP contribution is -2.36. The monoisotopic (exact) mass is 521 g/mol. The minimum absolute atomic E-state index is 0.00369. The number of morpholine rings is 1. The molecular formula is C26H27N5O5S. The van der Waals surface area contributed by atoms with Crippen LogP contribution in [0.5, 0.6) is 5.75 Å². The number of aromatic amines is 1. The van der Waals surface area contributed by atoms with Crippen LogP contribution in [0.25, 0.3) is 22.0 Å². The number of aromatic nitrogens is 2. The number of hydrogen-bond acceptors (Lipinski definition) is 8. The molecule has 11 heteroatoms. The lowest BCUT2D eigenvalue weighted by Gasteiger charge is -2.28. The van der Waals surface area contributed by atoms with Gasteiger partial charge >= 0.3 is 0 Å². The summed E-state index contributed by atoms with van der Waals surface area (Å²) in [6, 6.07) is 16.3. The van der Waals surface area contributed by atoms with E-state index in [0.29, 0.717) is 41.1 Å². The number of anilines is 3. The Bertz CT molecular complexity index is 1600. The van der Waals surface area contributed by atoms with Gasteiger partial charge in [-0.2, -0.15) is 0 Å². The van der Waals surface area contributed by atoms with Crippen LogP contribution in [-0.4, -0.2) is 58.8 Å². The van der Waals surface area contributed by atoms with Gasteiger partial charge in [0.15, 0.2) is 0 Å². The maximum atomic E-state index is 12.7. The number of rotatable bonds is 7. The van der Waals surface area contributed by atoms with Crippen molar-refractivity contribution in [1.29, 1.82) is 0 Å². The molecule has 0 saturated carbocycles. The second kappa shape index (κ2) is 10.2. The molecule has 0 unspecified atom stereocenters. The van der Waals surface area contributed by atoms with Gasteiger partial charge in [0, 0.05) is 36.2 Å². The Labute approximate surface area is 214 Å². The minimum Gasteiger partial charge on any atom is -0.495 e. The first-order valence-corrected chi connectivity index (χ1v) is 13.2. The third-order valence-electron chi connectivity index (χ3n) is 6.28. The summed E-state index contributed by atoms with van der Waals surface area (Å²) in [4.78, 5) is 22.4. The fourth-order valence-corrected chi connectivity index (χ4v) is 5.24. The first-order valence-electron chi connectivity index (χ1n) is 11.7. The topological polar surface area (TPSA) is 126 Å². The van der Waals surface area contributed by atoms with Crippen molar-refractivity contribution < 1.29 is 17.9 Å². The third-order valence-corrected chi connectivity index (χ3v) is 7.71. The molecule has 37 heavy (non-hydrogen) atoms. The number of ether oxygens (including phenoxy) is 2. The van der Waals surface area contributed by atoms with Crippen molar-refractivity contribution in [1.82, 2.24) is 14.7 Å². The smallest absolute Gasteiger partial charge is 0.259 e. The van der Waals surface area contributed by atoms with Gasteiger partial charge in [-0.15, -0.1) is 0 Å². The molecule has 0 spiro atoms. The molecule has 1 fully saturated rings. The van der Waals surface area contributed by atoms with E-state index in [2.05, 4.69) is 19.9 Å². The van der Waals surface area contributed by atoms with Gasteiger partial charge in [-0.1, -0.05) is 0 Å². The van der Waals surface area contributed by atoms with E-state index >= 15 is 0 Å². The Morgan fingerprint density at radius 1 is 1.05 bits per heavy atom. The minimum atomic E-state index is -3.78. The Kier molecular flexibility index (Phi) is 6.83. The normalized spacial score (nSPS) is 14.1. The van der Waals surface area contributed by atoms with E-state index in [9.17, 15) is 13.2 Å². The summed E-state index contributed by atoms with van der Waals surface area (Å²) >= 11 is 0. The second-order valence-electron chi connectivity index (χ2n) is 8.47. The molecule has 0 aliphatic carbocycles. The van der Waals surface area contributed by atoms with E-state index < -0.39 is 10.0 Å². The molecular weight excluding hydrogens is 494 g/mol. The molecule has 3 N–H and O–H groups in total. The van der Waals surface area contributed by atoms with Crippen molar-refractivity contribution >= 4 is 38.0 Å². The number of H-pyrrole nitrogens is 1. The molecule has 4 aromatic rings. The van der Waals surface area contributed by atoms with Crippen LogP contribution in [0.4, 0.5) is 17.2 Å². The van der Waals surface area contributed by atoms with Crippen LogP contribution in [0.15, 0.2) is 70.5 Å². The molecule has 0 radical (unpaired) electrons. The molecule has 5 rings (SSSR count). The molecule has 2 aromatic carbocycles. The number of fused-ring (bicyclic) bond motifs is 1. The first kappa shape index (κ1) is 24.8. The standard InChI is InChI=1S/C26H27N5O5S/c1-27-37(33,34)23-16-17(3-8-22(23)35-2)21-15-18-9-10-28-26(32)24(18)25(30-21)29-19-4-6-20(7-5-19)31-11-13-36-14-12-31/h3-10,15-16,27H,11-14H2,1-2H3,(H,28,32)(H,29,30). The Morgan fingerprint density at radius 2 is 1.81 bits per heavy atom. The highest BCUT2D eigenvalue weighted by molar-refractivity contribution is 7.89. The quantitative estimate of drug-likeness (QED) is 0.339. The summed E-state index contributed by atoms with van der Waals surface area (Å²) in [6.45, 7) is 3.08. The van der Waals surface area contributed by atoms with Crippen LogP contribution in [0, 0.1) is 0 Å². The first-order chi connectivity index (χ1) is 17.9. The van der Waals surface area contributed by atoms with E-state index in [0.717, 1.165) is 24.5 Å².